The molecule has 1 amide bonds. The topological polar surface area (TPSA) is 58.1 Å². The summed E-state index contributed by atoms with van der Waals surface area (Å²) in [5.74, 6) is 0.206. The molecule has 1 aliphatic heterocycles. The van der Waals surface area contributed by atoms with Gasteiger partial charge in [0.15, 0.2) is 11.5 Å². The highest BCUT2D eigenvalue weighted by Crippen LogP contribution is 2.31. The van der Waals surface area contributed by atoms with Gasteiger partial charge in [0.1, 0.15) is 0 Å². The molecule has 2 heterocycles. The first-order chi connectivity index (χ1) is 10.8. The molecule has 1 aromatic carbocycles. The maximum Gasteiger partial charge on any atom is 0.435 e. The van der Waals surface area contributed by atoms with E-state index in [4.69, 9.17) is 0 Å². The van der Waals surface area contributed by atoms with E-state index < -0.39 is 11.9 Å². The van der Waals surface area contributed by atoms with Gasteiger partial charge in [0.25, 0.3) is 0 Å². The summed E-state index contributed by atoms with van der Waals surface area (Å²) in [4.78, 5) is 13.2. The zero-order chi connectivity index (χ0) is 16.6. The highest BCUT2D eigenvalue weighted by Gasteiger charge is 2.32. The second-order valence-corrected chi connectivity index (χ2v) is 5.19. The number of anilines is 3. The Labute approximate surface area is 130 Å². The van der Waals surface area contributed by atoms with Crippen LogP contribution < -0.4 is 10.2 Å². The summed E-state index contributed by atoms with van der Waals surface area (Å²) in [6.07, 6.45) is -3.77. The van der Waals surface area contributed by atoms with Gasteiger partial charge in [-0.25, -0.2) is 0 Å². The summed E-state index contributed by atoms with van der Waals surface area (Å²) >= 11 is 0. The van der Waals surface area contributed by atoms with Gasteiger partial charge in [0, 0.05) is 24.8 Å². The third-order valence-electron chi connectivity index (χ3n) is 3.58. The molecule has 0 spiro atoms. The highest BCUT2D eigenvalue weighted by atomic mass is 19.4. The third-order valence-corrected chi connectivity index (χ3v) is 3.58. The number of benzene rings is 1. The standard InChI is InChI=1S/C15H13F3N4O/c1-9(23)22-7-6-10-8-11(2-3-12(10)22)19-14-5-4-13(20-21-14)15(16,17)18/h2-5,8H,6-7H2,1H3,(H,19,21). The van der Waals surface area contributed by atoms with Crippen LogP contribution in [0.1, 0.15) is 18.2 Å². The number of alkyl halides is 3. The summed E-state index contributed by atoms with van der Waals surface area (Å²) in [5, 5.41) is 9.61. The molecule has 0 fully saturated rings. The summed E-state index contributed by atoms with van der Waals surface area (Å²) in [6, 6.07) is 7.52. The first kappa shape index (κ1) is 15.3. The Bertz CT molecular complexity index is 743. The molecular weight excluding hydrogens is 309 g/mol. The predicted octanol–water partition coefficient (Wildman–Crippen LogP) is 3.15. The van der Waals surface area contributed by atoms with Crippen molar-refractivity contribution in [1.29, 1.82) is 0 Å². The van der Waals surface area contributed by atoms with Crippen LogP contribution in [-0.4, -0.2) is 22.6 Å². The molecule has 3 rings (SSSR count). The molecule has 23 heavy (non-hydrogen) atoms. The Kier molecular flexibility index (Phi) is 3.67. The molecule has 1 N–H and O–H groups in total. The van der Waals surface area contributed by atoms with Gasteiger partial charge in [0.05, 0.1) is 0 Å². The van der Waals surface area contributed by atoms with Crippen molar-refractivity contribution in [2.45, 2.75) is 19.5 Å². The van der Waals surface area contributed by atoms with Crippen molar-refractivity contribution in [3.8, 4) is 0 Å². The van der Waals surface area contributed by atoms with Crippen molar-refractivity contribution >= 4 is 23.1 Å². The highest BCUT2D eigenvalue weighted by molar-refractivity contribution is 5.94. The number of carbonyl (C=O) groups excluding carboxylic acids is 1. The molecule has 0 atom stereocenters. The molecule has 1 aromatic heterocycles. The molecule has 120 valence electrons. The van der Waals surface area contributed by atoms with Gasteiger partial charge in [-0.05, 0) is 42.3 Å². The number of amides is 1. The van der Waals surface area contributed by atoms with Gasteiger partial charge in [-0.15, -0.1) is 10.2 Å². The quantitative estimate of drug-likeness (QED) is 0.923. The van der Waals surface area contributed by atoms with E-state index in [2.05, 4.69) is 15.5 Å². The number of hydrogen-bond donors (Lipinski definition) is 1. The minimum atomic E-state index is -4.50. The van der Waals surface area contributed by atoms with E-state index in [1.54, 1.807) is 11.0 Å². The van der Waals surface area contributed by atoms with Crippen molar-refractivity contribution < 1.29 is 18.0 Å². The van der Waals surface area contributed by atoms with Gasteiger partial charge in [-0.1, -0.05) is 0 Å². The van der Waals surface area contributed by atoms with E-state index >= 15 is 0 Å². The molecule has 8 heteroatoms. The first-order valence-corrected chi connectivity index (χ1v) is 6.93. The van der Waals surface area contributed by atoms with Crippen LogP contribution in [0.25, 0.3) is 0 Å². The van der Waals surface area contributed by atoms with Crippen molar-refractivity contribution in [2.24, 2.45) is 0 Å². The number of halogens is 3. The minimum Gasteiger partial charge on any atom is -0.339 e. The van der Waals surface area contributed by atoms with Crippen LogP contribution in [0.5, 0.6) is 0 Å². The van der Waals surface area contributed by atoms with Crippen LogP contribution in [0.4, 0.5) is 30.4 Å². The summed E-state index contributed by atoms with van der Waals surface area (Å²) in [6.45, 7) is 2.15. The van der Waals surface area contributed by atoms with E-state index in [0.29, 0.717) is 12.2 Å². The van der Waals surface area contributed by atoms with Crippen LogP contribution in [-0.2, 0) is 17.4 Å². The average molecular weight is 322 g/mol. The summed E-state index contributed by atoms with van der Waals surface area (Å²) in [7, 11) is 0. The lowest BCUT2D eigenvalue weighted by atomic mass is 10.1. The molecule has 2 aromatic rings. The Morgan fingerprint density at radius 3 is 2.61 bits per heavy atom. The van der Waals surface area contributed by atoms with Gasteiger partial charge < -0.3 is 10.2 Å². The number of nitrogens with one attached hydrogen (secondary N) is 1. The number of carbonyl (C=O) groups is 1. The zero-order valence-corrected chi connectivity index (χ0v) is 12.2. The Balaban J connectivity index is 1.78. The van der Waals surface area contributed by atoms with Gasteiger partial charge in [-0.2, -0.15) is 13.2 Å². The summed E-state index contributed by atoms with van der Waals surface area (Å²) < 4.78 is 37.3. The minimum absolute atomic E-state index is 0.0157. The lowest BCUT2D eigenvalue weighted by Gasteiger charge is -2.15. The Hall–Kier alpha value is -2.64. The smallest absolute Gasteiger partial charge is 0.339 e. The fourth-order valence-corrected chi connectivity index (χ4v) is 2.50. The molecular formula is C15H13F3N4O. The molecule has 0 bridgehead atoms. The van der Waals surface area contributed by atoms with Gasteiger partial charge in [-0.3, -0.25) is 4.79 Å². The zero-order valence-electron chi connectivity index (χ0n) is 12.2. The predicted molar refractivity (Wildman–Crippen MR) is 78.5 cm³/mol. The van der Waals surface area contributed by atoms with E-state index in [-0.39, 0.29) is 11.7 Å². The SMILES string of the molecule is CC(=O)N1CCc2cc(Nc3ccc(C(F)(F)F)nn3)ccc21. The molecule has 1 aliphatic rings. The largest absolute Gasteiger partial charge is 0.435 e. The second kappa shape index (κ2) is 5.53. The second-order valence-electron chi connectivity index (χ2n) is 5.19. The van der Waals surface area contributed by atoms with Crippen LogP contribution in [0.15, 0.2) is 30.3 Å². The van der Waals surface area contributed by atoms with E-state index in [0.717, 1.165) is 23.7 Å². The van der Waals surface area contributed by atoms with Crippen molar-refractivity contribution in [2.75, 3.05) is 16.8 Å². The van der Waals surface area contributed by atoms with Gasteiger partial charge >= 0.3 is 6.18 Å². The Morgan fingerprint density at radius 1 is 1.22 bits per heavy atom. The first-order valence-electron chi connectivity index (χ1n) is 6.93. The molecule has 0 radical (unpaired) electrons. The van der Waals surface area contributed by atoms with Crippen molar-refractivity contribution in [3.05, 3.63) is 41.6 Å². The van der Waals surface area contributed by atoms with Crippen molar-refractivity contribution in [1.82, 2.24) is 10.2 Å². The van der Waals surface area contributed by atoms with Crippen LogP contribution >= 0.6 is 0 Å². The molecule has 0 aliphatic carbocycles. The molecule has 0 saturated carbocycles. The van der Waals surface area contributed by atoms with Crippen LogP contribution in [0.2, 0.25) is 0 Å². The fraction of sp³-hybridized carbons (Fsp3) is 0.267. The van der Waals surface area contributed by atoms with E-state index in [9.17, 15) is 18.0 Å². The number of aromatic nitrogens is 2. The van der Waals surface area contributed by atoms with Gasteiger partial charge in [0.2, 0.25) is 5.91 Å². The lowest BCUT2D eigenvalue weighted by molar-refractivity contribution is -0.141. The monoisotopic (exact) mass is 322 g/mol. The normalized spacial score (nSPS) is 13.8. The molecule has 0 unspecified atom stereocenters. The Morgan fingerprint density at radius 2 is 2.00 bits per heavy atom. The summed E-state index contributed by atoms with van der Waals surface area (Å²) in [5.41, 5.74) is 1.52. The van der Waals surface area contributed by atoms with E-state index in [1.165, 1.54) is 13.0 Å². The molecule has 0 saturated heterocycles. The van der Waals surface area contributed by atoms with Crippen molar-refractivity contribution in [3.63, 3.8) is 0 Å². The molecule has 5 nitrogen and oxygen atoms in total. The lowest BCUT2D eigenvalue weighted by Crippen LogP contribution is -2.25. The maximum absolute atomic E-state index is 12.4. The van der Waals surface area contributed by atoms with Crippen LogP contribution in [0.3, 0.4) is 0 Å². The maximum atomic E-state index is 12.4. The average Bonchev–Trinajstić information content (AvgIpc) is 2.90. The van der Waals surface area contributed by atoms with Crippen LogP contribution in [0, 0.1) is 0 Å². The number of fused-ring (bicyclic) bond motifs is 1. The third kappa shape index (κ3) is 3.10. The number of nitrogens with zero attached hydrogens (tertiary/aromatic N) is 3. The van der Waals surface area contributed by atoms with E-state index in [1.807, 2.05) is 12.1 Å². The number of rotatable bonds is 2. The number of hydrogen-bond acceptors (Lipinski definition) is 4. The fourth-order valence-electron chi connectivity index (χ4n) is 2.50.